The number of phosphoric acid groups is 1. The first-order valence-corrected chi connectivity index (χ1v) is 2.35. The monoisotopic (exact) mass is 378 g/mol. The van der Waals surface area contributed by atoms with Crippen molar-refractivity contribution in [2.45, 2.75) is 0 Å². The van der Waals surface area contributed by atoms with Crippen molar-refractivity contribution in [3.63, 3.8) is 0 Å². The van der Waals surface area contributed by atoms with Crippen LogP contribution in [0, 0.1) is 31.1 Å². The SMILES string of the molecule is O=P(O)(O)O.[CaH2].[U]. The van der Waals surface area contributed by atoms with Gasteiger partial charge in [0, 0.05) is 31.1 Å². The fourth-order valence-corrected chi connectivity index (χ4v) is 0. The van der Waals surface area contributed by atoms with Gasteiger partial charge in [0.2, 0.25) is 0 Å². The van der Waals surface area contributed by atoms with Gasteiger partial charge in [-0.1, -0.05) is 0 Å². The molecule has 0 saturated heterocycles. The van der Waals surface area contributed by atoms with Gasteiger partial charge in [-0.3, -0.25) is 0 Å². The van der Waals surface area contributed by atoms with E-state index >= 15 is 0 Å². The zero-order valence-electron chi connectivity index (χ0n) is 2.70. The van der Waals surface area contributed by atoms with Crippen LogP contribution in [0.4, 0.5) is 0 Å². The van der Waals surface area contributed by atoms with Gasteiger partial charge in [-0.15, -0.1) is 0 Å². The third-order valence-corrected chi connectivity index (χ3v) is 0. The van der Waals surface area contributed by atoms with Crippen LogP contribution in [-0.2, 0) is 4.57 Å². The maximum Gasteiger partial charge on any atom is 0 e. The molecule has 0 rings (SSSR count). The van der Waals surface area contributed by atoms with Crippen LogP contribution in [0.25, 0.3) is 0 Å². The molecule has 0 aliphatic rings. The van der Waals surface area contributed by atoms with Gasteiger partial charge in [0.25, 0.3) is 0 Å². The smallest absolute Gasteiger partial charge is 0 e. The Morgan fingerprint density at radius 3 is 1.14 bits per heavy atom. The summed E-state index contributed by atoms with van der Waals surface area (Å²) in [6, 6.07) is 0. The Kier molecular flexibility index (Phi) is 15.1. The molecule has 0 saturated carbocycles. The summed E-state index contributed by atoms with van der Waals surface area (Å²) in [7, 11) is -4.64. The summed E-state index contributed by atoms with van der Waals surface area (Å²) >= 11 is 0. The van der Waals surface area contributed by atoms with E-state index < -0.39 is 7.82 Å². The topological polar surface area (TPSA) is 77.8 Å². The molecule has 0 aromatic rings. The first-order valence-electron chi connectivity index (χ1n) is 0.783. The molecule has 0 aliphatic carbocycles. The third-order valence-electron chi connectivity index (χ3n) is 0. The normalized spacial score (nSPS) is 8.43. The second-order valence-electron chi connectivity index (χ2n) is 0.513. The van der Waals surface area contributed by atoms with E-state index in [4.69, 9.17) is 19.2 Å². The standard InChI is InChI=1S/Ca.H3O4P.U.2H/c;1-5(2,3)4;;;/h;(H3,1,2,3,4);;;. The number of hydrogen-bond acceptors (Lipinski definition) is 1. The fraction of sp³-hybridized carbons (Fsp3) is 0. The average molecular weight is 378 g/mol. The van der Waals surface area contributed by atoms with Gasteiger partial charge in [0.05, 0.1) is 0 Å². The van der Waals surface area contributed by atoms with Crippen LogP contribution in [-0.4, -0.2) is 52.4 Å². The van der Waals surface area contributed by atoms with E-state index in [1.165, 1.54) is 0 Å². The third kappa shape index (κ3) is 59.2. The van der Waals surface area contributed by atoms with Crippen LogP contribution in [0.1, 0.15) is 0 Å². The maximum absolute atomic E-state index is 8.88. The van der Waals surface area contributed by atoms with Gasteiger partial charge in [-0.2, -0.15) is 0 Å². The zero-order chi connectivity index (χ0) is 4.50. The van der Waals surface area contributed by atoms with Crippen LogP contribution >= 0.6 is 7.82 Å². The second kappa shape index (κ2) is 6.54. The fourth-order valence-electron chi connectivity index (χ4n) is 0. The maximum atomic E-state index is 8.88. The Hall–Kier alpha value is 2.42. The predicted octanol–water partition coefficient (Wildman–Crippen LogP) is -1.84. The summed E-state index contributed by atoms with van der Waals surface area (Å²) in [6.45, 7) is 0. The van der Waals surface area contributed by atoms with Crippen LogP contribution in [0.2, 0.25) is 0 Å². The molecule has 0 spiro atoms. The molecular formula is H5CaO4PU. The van der Waals surface area contributed by atoms with Crippen LogP contribution in [0.15, 0.2) is 0 Å². The second-order valence-corrected chi connectivity index (χ2v) is 1.54. The summed E-state index contributed by atoms with van der Waals surface area (Å²) in [5, 5.41) is 0. The molecule has 7 heteroatoms. The van der Waals surface area contributed by atoms with Crippen molar-refractivity contribution in [3.8, 4) is 0 Å². The van der Waals surface area contributed by atoms with E-state index in [-0.39, 0.29) is 68.9 Å². The summed E-state index contributed by atoms with van der Waals surface area (Å²) in [5.41, 5.74) is 0. The summed E-state index contributed by atoms with van der Waals surface area (Å²) < 4.78 is 8.88. The summed E-state index contributed by atoms with van der Waals surface area (Å²) in [4.78, 5) is 21.6. The van der Waals surface area contributed by atoms with E-state index in [0.29, 0.717) is 0 Å². The van der Waals surface area contributed by atoms with Gasteiger partial charge in [0.1, 0.15) is 0 Å². The van der Waals surface area contributed by atoms with E-state index in [1.807, 2.05) is 0 Å². The van der Waals surface area contributed by atoms with Crippen molar-refractivity contribution >= 4 is 45.6 Å². The van der Waals surface area contributed by atoms with Crippen molar-refractivity contribution in [1.29, 1.82) is 0 Å². The number of rotatable bonds is 0. The molecule has 0 fully saturated rings. The molecule has 0 bridgehead atoms. The average Bonchev–Trinajstić information content (AvgIpc) is 0.722. The molecule has 0 aliphatic heterocycles. The van der Waals surface area contributed by atoms with Crippen LogP contribution in [0.5, 0.6) is 0 Å². The molecule has 0 unspecified atom stereocenters. The number of hydrogen-bond donors (Lipinski definition) is 3. The van der Waals surface area contributed by atoms with Crippen molar-refractivity contribution < 1.29 is 50.4 Å². The molecular weight excluding hydrogens is 373 g/mol. The molecule has 0 heterocycles. The Bertz CT molecular complexity index is 57.8. The van der Waals surface area contributed by atoms with Crippen molar-refractivity contribution in [3.05, 3.63) is 0 Å². The van der Waals surface area contributed by atoms with Crippen LogP contribution < -0.4 is 0 Å². The molecule has 0 amide bonds. The Morgan fingerprint density at radius 2 is 1.14 bits per heavy atom. The molecule has 7 heavy (non-hydrogen) atoms. The Balaban J connectivity index is -0.0000000800. The zero-order valence-corrected chi connectivity index (χ0v) is 7.76. The van der Waals surface area contributed by atoms with Gasteiger partial charge < -0.3 is 14.7 Å². The van der Waals surface area contributed by atoms with E-state index in [1.54, 1.807) is 0 Å². The van der Waals surface area contributed by atoms with Gasteiger partial charge in [0.15, 0.2) is 0 Å². The molecule has 0 radical (unpaired) electrons. The van der Waals surface area contributed by atoms with Crippen molar-refractivity contribution in [1.82, 2.24) is 0 Å². The molecule has 4 nitrogen and oxygen atoms in total. The summed E-state index contributed by atoms with van der Waals surface area (Å²) in [6.07, 6.45) is 0. The molecule has 3 N–H and O–H groups in total. The minimum absolute atomic E-state index is 0. The molecule has 0 aromatic heterocycles. The predicted molar refractivity (Wildman–Crippen MR) is 22.8 cm³/mol. The first kappa shape index (κ1) is 16.2. The Morgan fingerprint density at radius 1 is 1.14 bits per heavy atom. The first-order chi connectivity index (χ1) is 2.00. The Labute approximate surface area is 94.3 Å². The molecule has 0 atom stereocenters. The van der Waals surface area contributed by atoms with Gasteiger partial charge in [-0.25, -0.2) is 4.57 Å². The minimum atomic E-state index is -4.64. The minimum Gasteiger partial charge on any atom is 0 e. The van der Waals surface area contributed by atoms with Gasteiger partial charge in [-0.05, 0) is 0 Å². The van der Waals surface area contributed by atoms with Crippen LogP contribution in [0.3, 0.4) is 0 Å². The van der Waals surface area contributed by atoms with Crippen molar-refractivity contribution in [2.24, 2.45) is 0 Å². The van der Waals surface area contributed by atoms with Crippen molar-refractivity contribution in [2.75, 3.05) is 0 Å². The molecule has 0 aromatic carbocycles. The quantitative estimate of drug-likeness (QED) is 0.342. The summed E-state index contributed by atoms with van der Waals surface area (Å²) in [5.74, 6) is 0. The largest absolute Gasteiger partial charge is 0 e. The van der Waals surface area contributed by atoms with E-state index in [9.17, 15) is 0 Å². The van der Waals surface area contributed by atoms with E-state index in [2.05, 4.69) is 0 Å². The van der Waals surface area contributed by atoms with Gasteiger partial charge >= 0.3 is 45.6 Å². The van der Waals surface area contributed by atoms with E-state index in [0.717, 1.165) is 0 Å². The molecule has 40 valence electrons.